The molecule has 0 spiro atoms. The van der Waals surface area contributed by atoms with Gasteiger partial charge in [-0.15, -0.1) is 12.4 Å². The molecule has 1 aromatic carbocycles. The molecule has 15 heavy (non-hydrogen) atoms. The first kappa shape index (κ1) is 14.2. The van der Waals surface area contributed by atoms with Gasteiger partial charge in [0.1, 0.15) is 0 Å². The summed E-state index contributed by atoms with van der Waals surface area (Å²) >= 11 is 0. The summed E-state index contributed by atoms with van der Waals surface area (Å²) < 4.78 is 38.0. The lowest BCUT2D eigenvalue weighted by atomic mass is 10.0. The average molecular weight is 241 g/mol. The van der Waals surface area contributed by atoms with Gasteiger partial charge in [-0.2, -0.15) is 0 Å². The first-order valence-corrected chi connectivity index (χ1v) is 4.16. The van der Waals surface area contributed by atoms with Gasteiger partial charge in [0.25, 0.3) is 0 Å². The second-order valence-corrected chi connectivity index (χ2v) is 2.98. The van der Waals surface area contributed by atoms with Gasteiger partial charge in [-0.3, -0.25) is 0 Å². The standard InChI is InChI=1S/C9H11F3N2.ClH/c10-6-3-5(8(14)1-2-13)4-7(11)9(6)12;/h3-4,8H,1-2,13-14H2;1H/t8-;/m1./s1. The third-order valence-corrected chi connectivity index (χ3v) is 1.91. The lowest BCUT2D eigenvalue weighted by Gasteiger charge is -2.10. The number of hydrogen-bond acceptors (Lipinski definition) is 2. The smallest absolute Gasteiger partial charge is 0.194 e. The fourth-order valence-corrected chi connectivity index (χ4v) is 1.14. The van der Waals surface area contributed by atoms with Crippen molar-refractivity contribution in [2.45, 2.75) is 12.5 Å². The molecule has 2 nitrogen and oxygen atoms in total. The zero-order valence-corrected chi connectivity index (χ0v) is 8.66. The van der Waals surface area contributed by atoms with Crippen LogP contribution < -0.4 is 11.5 Å². The highest BCUT2D eigenvalue weighted by Crippen LogP contribution is 2.19. The van der Waals surface area contributed by atoms with Crippen molar-refractivity contribution in [2.24, 2.45) is 11.5 Å². The summed E-state index contributed by atoms with van der Waals surface area (Å²) in [6, 6.07) is 1.21. The van der Waals surface area contributed by atoms with Gasteiger partial charge in [-0.1, -0.05) is 0 Å². The second-order valence-electron chi connectivity index (χ2n) is 2.98. The van der Waals surface area contributed by atoms with Crippen LogP contribution in [0.2, 0.25) is 0 Å². The highest BCUT2D eigenvalue weighted by Gasteiger charge is 2.13. The lowest BCUT2D eigenvalue weighted by Crippen LogP contribution is -2.16. The summed E-state index contributed by atoms with van der Waals surface area (Å²) in [6.07, 6.45) is 0.393. The van der Waals surface area contributed by atoms with Gasteiger partial charge in [-0.25, -0.2) is 13.2 Å². The van der Waals surface area contributed by atoms with Crippen LogP contribution in [0.3, 0.4) is 0 Å². The number of benzene rings is 1. The summed E-state index contributed by atoms with van der Waals surface area (Å²) in [5.41, 5.74) is 11.0. The summed E-state index contributed by atoms with van der Waals surface area (Å²) in [6.45, 7) is 0.307. The lowest BCUT2D eigenvalue weighted by molar-refractivity contribution is 0.443. The monoisotopic (exact) mass is 240 g/mol. The van der Waals surface area contributed by atoms with Crippen LogP contribution in [0, 0.1) is 17.5 Å². The highest BCUT2D eigenvalue weighted by molar-refractivity contribution is 5.85. The van der Waals surface area contributed by atoms with Gasteiger partial charge >= 0.3 is 0 Å². The Morgan fingerprint density at radius 2 is 1.60 bits per heavy atom. The molecule has 0 saturated heterocycles. The largest absolute Gasteiger partial charge is 0.330 e. The molecular formula is C9H12ClF3N2. The van der Waals surface area contributed by atoms with Gasteiger partial charge in [0, 0.05) is 6.04 Å². The fourth-order valence-electron chi connectivity index (χ4n) is 1.14. The molecule has 1 aromatic rings. The van der Waals surface area contributed by atoms with Gasteiger partial charge in [0.05, 0.1) is 0 Å². The molecule has 1 rings (SSSR count). The van der Waals surface area contributed by atoms with Crippen molar-refractivity contribution < 1.29 is 13.2 Å². The van der Waals surface area contributed by atoms with E-state index in [-0.39, 0.29) is 18.0 Å². The number of nitrogens with two attached hydrogens (primary N) is 2. The van der Waals surface area contributed by atoms with Crippen molar-refractivity contribution in [3.05, 3.63) is 35.1 Å². The molecule has 0 radical (unpaired) electrons. The number of rotatable bonds is 3. The zero-order valence-electron chi connectivity index (χ0n) is 7.84. The Hall–Kier alpha value is -0.780. The van der Waals surface area contributed by atoms with E-state index in [2.05, 4.69) is 0 Å². The molecule has 0 unspecified atom stereocenters. The Labute approximate surface area is 91.9 Å². The van der Waals surface area contributed by atoms with Gasteiger partial charge in [0.15, 0.2) is 17.5 Å². The van der Waals surface area contributed by atoms with E-state index in [4.69, 9.17) is 11.5 Å². The topological polar surface area (TPSA) is 52.0 Å². The van der Waals surface area contributed by atoms with E-state index in [1.165, 1.54) is 0 Å². The van der Waals surface area contributed by atoms with Gasteiger partial charge in [0.2, 0.25) is 0 Å². The Morgan fingerprint density at radius 3 is 2.00 bits per heavy atom. The molecule has 0 saturated carbocycles. The van der Waals surface area contributed by atoms with E-state index in [1.807, 2.05) is 0 Å². The molecular weight excluding hydrogens is 229 g/mol. The molecule has 0 aliphatic rings. The third-order valence-electron chi connectivity index (χ3n) is 1.91. The van der Waals surface area contributed by atoms with Crippen LogP contribution in [-0.4, -0.2) is 6.54 Å². The van der Waals surface area contributed by atoms with E-state index in [9.17, 15) is 13.2 Å². The SMILES string of the molecule is Cl.NCC[C@@H](N)c1cc(F)c(F)c(F)c1. The number of hydrogen-bond donors (Lipinski definition) is 2. The molecule has 4 N–H and O–H groups in total. The van der Waals surface area contributed by atoms with Crippen molar-refractivity contribution in [3.8, 4) is 0 Å². The first-order chi connectivity index (χ1) is 6.56. The van der Waals surface area contributed by atoms with Crippen molar-refractivity contribution in [1.29, 1.82) is 0 Å². The summed E-state index contributed by atoms with van der Waals surface area (Å²) in [4.78, 5) is 0. The maximum Gasteiger partial charge on any atom is 0.194 e. The van der Waals surface area contributed by atoms with Gasteiger partial charge < -0.3 is 11.5 Å². The summed E-state index contributed by atoms with van der Waals surface area (Å²) in [5, 5.41) is 0. The Bertz CT molecular complexity index is 310. The maximum atomic E-state index is 12.7. The third kappa shape index (κ3) is 3.37. The van der Waals surface area contributed by atoms with E-state index in [0.29, 0.717) is 13.0 Å². The van der Waals surface area contributed by atoms with E-state index in [0.717, 1.165) is 12.1 Å². The van der Waals surface area contributed by atoms with Crippen molar-refractivity contribution in [1.82, 2.24) is 0 Å². The molecule has 0 amide bonds. The van der Waals surface area contributed by atoms with Crippen molar-refractivity contribution >= 4 is 12.4 Å². The van der Waals surface area contributed by atoms with Crippen molar-refractivity contribution in [3.63, 3.8) is 0 Å². The normalized spacial score (nSPS) is 12.1. The maximum absolute atomic E-state index is 12.7. The Morgan fingerprint density at radius 1 is 1.13 bits per heavy atom. The van der Waals surface area contributed by atoms with Crippen LogP contribution in [-0.2, 0) is 0 Å². The first-order valence-electron chi connectivity index (χ1n) is 4.16. The van der Waals surface area contributed by atoms with Crippen LogP contribution in [0.5, 0.6) is 0 Å². The molecule has 1 atom stereocenters. The minimum Gasteiger partial charge on any atom is -0.330 e. The van der Waals surface area contributed by atoms with E-state index < -0.39 is 23.5 Å². The van der Waals surface area contributed by atoms with Crippen LogP contribution in [0.1, 0.15) is 18.0 Å². The van der Waals surface area contributed by atoms with Crippen LogP contribution >= 0.6 is 12.4 Å². The van der Waals surface area contributed by atoms with Crippen LogP contribution in [0.25, 0.3) is 0 Å². The predicted molar refractivity (Wildman–Crippen MR) is 54.2 cm³/mol. The van der Waals surface area contributed by atoms with E-state index >= 15 is 0 Å². The number of halogens is 4. The Balaban J connectivity index is 0.00000196. The van der Waals surface area contributed by atoms with Crippen molar-refractivity contribution in [2.75, 3.05) is 6.54 Å². The van der Waals surface area contributed by atoms with Crippen LogP contribution in [0.4, 0.5) is 13.2 Å². The summed E-state index contributed by atoms with van der Waals surface area (Å²) in [7, 11) is 0. The minimum atomic E-state index is -1.48. The minimum absolute atomic E-state index is 0. The Kier molecular flexibility index (Phi) is 5.64. The predicted octanol–water partition coefficient (Wildman–Crippen LogP) is 1.87. The molecule has 0 bridgehead atoms. The van der Waals surface area contributed by atoms with Gasteiger partial charge in [-0.05, 0) is 30.7 Å². The molecule has 0 aliphatic carbocycles. The van der Waals surface area contributed by atoms with Crippen LogP contribution in [0.15, 0.2) is 12.1 Å². The molecule has 6 heteroatoms. The molecule has 0 aliphatic heterocycles. The zero-order chi connectivity index (χ0) is 10.7. The van der Waals surface area contributed by atoms with E-state index in [1.54, 1.807) is 0 Å². The highest BCUT2D eigenvalue weighted by atomic mass is 35.5. The quantitative estimate of drug-likeness (QED) is 0.793. The second kappa shape index (κ2) is 5.95. The molecule has 0 fully saturated rings. The molecule has 0 aromatic heterocycles. The molecule has 86 valence electrons. The average Bonchev–Trinajstić information content (AvgIpc) is 2.13. The summed E-state index contributed by atoms with van der Waals surface area (Å²) in [5.74, 6) is -3.94. The molecule has 0 heterocycles. The fraction of sp³-hybridized carbons (Fsp3) is 0.333.